The van der Waals surface area contributed by atoms with E-state index in [1.54, 1.807) is 49.0 Å². The van der Waals surface area contributed by atoms with Crippen molar-refractivity contribution in [3.8, 4) is 0 Å². The van der Waals surface area contributed by atoms with E-state index in [4.69, 9.17) is 4.42 Å². The lowest BCUT2D eigenvalue weighted by Crippen LogP contribution is -2.13. The molecule has 0 aliphatic rings. The van der Waals surface area contributed by atoms with E-state index in [9.17, 15) is 4.79 Å². The van der Waals surface area contributed by atoms with E-state index in [1.807, 2.05) is 6.07 Å². The number of carbonyl (C=O) groups is 1. The summed E-state index contributed by atoms with van der Waals surface area (Å²) in [5.41, 5.74) is 3.63. The van der Waals surface area contributed by atoms with Gasteiger partial charge in [0.25, 0.3) is 5.91 Å². The molecule has 7 nitrogen and oxygen atoms in total. The summed E-state index contributed by atoms with van der Waals surface area (Å²) in [6.07, 6.45) is 3.39. The molecule has 0 atom stereocenters. The number of aromatic nitrogens is 4. The van der Waals surface area contributed by atoms with Crippen molar-refractivity contribution >= 4 is 28.3 Å². The number of benzene rings is 1. The number of rotatable bonds is 2. The fraction of sp³-hybridized carbons (Fsp3) is 0.125. The molecule has 1 aromatic carbocycles. The fourth-order valence-corrected chi connectivity index (χ4v) is 2.57. The van der Waals surface area contributed by atoms with Crippen LogP contribution in [-0.4, -0.2) is 25.5 Å². The predicted molar refractivity (Wildman–Crippen MR) is 84.4 cm³/mol. The first-order chi connectivity index (χ1) is 11.1. The number of hydrogen-bond donors (Lipinski definition) is 1. The Morgan fingerprint density at radius 1 is 1.30 bits per heavy atom. The van der Waals surface area contributed by atoms with E-state index >= 15 is 0 Å². The van der Waals surface area contributed by atoms with E-state index in [-0.39, 0.29) is 5.91 Å². The normalized spacial score (nSPS) is 11.2. The Labute approximate surface area is 131 Å². The zero-order valence-corrected chi connectivity index (χ0v) is 12.6. The van der Waals surface area contributed by atoms with E-state index in [0.29, 0.717) is 34.1 Å². The lowest BCUT2D eigenvalue weighted by molar-refractivity contribution is 0.102. The number of carbonyl (C=O) groups excluding carboxylic acids is 1. The highest BCUT2D eigenvalue weighted by molar-refractivity contribution is 6.09. The van der Waals surface area contributed by atoms with Crippen molar-refractivity contribution in [2.75, 3.05) is 5.32 Å². The average molecular weight is 307 g/mol. The van der Waals surface area contributed by atoms with Crippen LogP contribution in [0.25, 0.3) is 16.7 Å². The van der Waals surface area contributed by atoms with Gasteiger partial charge in [-0.05, 0) is 25.1 Å². The lowest BCUT2D eigenvalue weighted by Gasteiger charge is -2.04. The summed E-state index contributed by atoms with van der Waals surface area (Å²) in [6, 6.07) is 7.11. The first-order valence-electron chi connectivity index (χ1n) is 7.10. The smallest absolute Gasteiger partial charge is 0.261 e. The molecule has 0 spiro atoms. The van der Waals surface area contributed by atoms with Gasteiger partial charge in [0.1, 0.15) is 11.1 Å². The lowest BCUT2D eigenvalue weighted by atomic mass is 10.2. The molecule has 1 amide bonds. The van der Waals surface area contributed by atoms with Gasteiger partial charge in [0, 0.05) is 31.1 Å². The fourth-order valence-electron chi connectivity index (χ4n) is 2.57. The van der Waals surface area contributed by atoms with Crippen molar-refractivity contribution in [1.82, 2.24) is 19.6 Å². The Hall–Kier alpha value is -3.22. The van der Waals surface area contributed by atoms with E-state index in [0.717, 1.165) is 5.52 Å². The van der Waals surface area contributed by atoms with Gasteiger partial charge in [-0.15, -0.1) is 0 Å². The SMILES string of the molecule is Cc1nc2ccc(NC(=O)c3c(C)nn4cccnc34)cc2o1. The van der Waals surface area contributed by atoms with Crippen molar-refractivity contribution in [3.05, 3.63) is 53.8 Å². The van der Waals surface area contributed by atoms with Crippen LogP contribution in [0, 0.1) is 13.8 Å². The van der Waals surface area contributed by atoms with Gasteiger partial charge < -0.3 is 9.73 Å². The highest BCUT2D eigenvalue weighted by Crippen LogP contribution is 2.21. The second-order valence-corrected chi connectivity index (χ2v) is 5.22. The quantitative estimate of drug-likeness (QED) is 0.615. The molecule has 0 unspecified atom stereocenters. The van der Waals surface area contributed by atoms with Crippen LogP contribution >= 0.6 is 0 Å². The minimum Gasteiger partial charge on any atom is -0.441 e. The summed E-state index contributed by atoms with van der Waals surface area (Å²) in [6.45, 7) is 3.57. The molecule has 0 fully saturated rings. The Bertz CT molecular complexity index is 1050. The minimum absolute atomic E-state index is 0.258. The van der Waals surface area contributed by atoms with Crippen LogP contribution in [0.15, 0.2) is 41.1 Å². The molecule has 4 rings (SSSR count). The molecule has 23 heavy (non-hydrogen) atoms. The van der Waals surface area contributed by atoms with E-state index in [2.05, 4.69) is 20.4 Å². The van der Waals surface area contributed by atoms with Crippen molar-refractivity contribution in [2.45, 2.75) is 13.8 Å². The zero-order chi connectivity index (χ0) is 16.0. The molecule has 3 heterocycles. The van der Waals surface area contributed by atoms with Gasteiger partial charge in [0.15, 0.2) is 17.1 Å². The van der Waals surface area contributed by atoms with Gasteiger partial charge in [-0.25, -0.2) is 14.5 Å². The number of fused-ring (bicyclic) bond motifs is 2. The van der Waals surface area contributed by atoms with Crippen LogP contribution < -0.4 is 5.32 Å². The second-order valence-electron chi connectivity index (χ2n) is 5.22. The Morgan fingerprint density at radius 2 is 2.17 bits per heavy atom. The van der Waals surface area contributed by atoms with Crippen LogP contribution in [-0.2, 0) is 0 Å². The van der Waals surface area contributed by atoms with Crippen LogP contribution in [0.3, 0.4) is 0 Å². The molecule has 4 aromatic rings. The molecule has 3 aromatic heterocycles. The first kappa shape index (κ1) is 13.4. The van der Waals surface area contributed by atoms with Crippen molar-refractivity contribution in [3.63, 3.8) is 0 Å². The predicted octanol–water partition coefficient (Wildman–Crippen LogP) is 2.74. The number of nitrogens with one attached hydrogen (secondary N) is 1. The molecule has 0 bridgehead atoms. The summed E-state index contributed by atoms with van der Waals surface area (Å²) < 4.78 is 7.07. The van der Waals surface area contributed by atoms with Gasteiger partial charge in [-0.1, -0.05) is 0 Å². The monoisotopic (exact) mass is 307 g/mol. The number of amides is 1. The third-order valence-electron chi connectivity index (χ3n) is 3.55. The molecule has 114 valence electrons. The largest absolute Gasteiger partial charge is 0.441 e. The molecule has 1 N–H and O–H groups in total. The second kappa shape index (κ2) is 4.91. The minimum atomic E-state index is -0.258. The standard InChI is InChI=1S/C16H13N5O2/c1-9-14(15-17-6-3-7-21(15)20-9)16(22)19-11-4-5-12-13(8-11)23-10(2)18-12/h3-8H,1-2H3,(H,19,22). The third kappa shape index (κ3) is 2.22. The summed E-state index contributed by atoms with van der Waals surface area (Å²) in [7, 11) is 0. The Balaban J connectivity index is 1.71. The molecule has 0 radical (unpaired) electrons. The highest BCUT2D eigenvalue weighted by Gasteiger charge is 2.18. The maximum atomic E-state index is 12.6. The Morgan fingerprint density at radius 3 is 3.04 bits per heavy atom. The van der Waals surface area contributed by atoms with Gasteiger partial charge in [0.2, 0.25) is 0 Å². The van der Waals surface area contributed by atoms with Crippen molar-refractivity contribution in [2.24, 2.45) is 0 Å². The van der Waals surface area contributed by atoms with Gasteiger partial charge in [0.05, 0.1) is 5.69 Å². The van der Waals surface area contributed by atoms with Crippen molar-refractivity contribution in [1.29, 1.82) is 0 Å². The number of anilines is 1. The Kier molecular flexibility index (Phi) is 2.87. The van der Waals surface area contributed by atoms with Crippen LogP contribution in [0.1, 0.15) is 21.9 Å². The summed E-state index contributed by atoms with van der Waals surface area (Å²) in [5, 5.41) is 7.15. The van der Waals surface area contributed by atoms with Crippen molar-refractivity contribution < 1.29 is 9.21 Å². The van der Waals surface area contributed by atoms with E-state index in [1.165, 1.54) is 0 Å². The molecule has 0 saturated heterocycles. The number of hydrogen-bond acceptors (Lipinski definition) is 5. The molecular formula is C16H13N5O2. The summed E-state index contributed by atoms with van der Waals surface area (Å²) >= 11 is 0. The highest BCUT2D eigenvalue weighted by atomic mass is 16.3. The molecule has 0 aliphatic heterocycles. The first-order valence-corrected chi connectivity index (χ1v) is 7.10. The van der Waals surface area contributed by atoms with Gasteiger partial charge >= 0.3 is 0 Å². The summed E-state index contributed by atoms with van der Waals surface area (Å²) in [5.74, 6) is 0.331. The molecular weight excluding hydrogens is 294 g/mol. The molecule has 0 aliphatic carbocycles. The molecule has 7 heteroatoms. The summed E-state index contributed by atoms with van der Waals surface area (Å²) in [4.78, 5) is 21.1. The van der Waals surface area contributed by atoms with Gasteiger partial charge in [-0.3, -0.25) is 4.79 Å². The number of nitrogens with zero attached hydrogens (tertiary/aromatic N) is 4. The third-order valence-corrected chi connectivity index (χ3v) is 3.55. The topological polar surface area (TPSA) is 85.3 Å². The maximum absolute atomic E-state index is 12.6. The van der Waals surface area contributed by atoms with Gasteiger partial charge in [-0.2, -0.15) is 5.10 Å². The number of oxazole rings is 1. The van der Waals surface area contributed by atoms with E-state index < -0.39 is 0 Å². The van der Waals surface area contributed by atoms with Crippen LogP contribution in [0.4, 0.5) is 5.69 Å². The average Bonchev–Trinajstić information content (AvgIpc) is 3.04. The molecule has 0 saturated carbocycles. The maximum Gasteiger partial charge on any atom is 0.261 e. The van der Waals surface area contributed by atoms with Crippen LogP contribution in [0.5, 0.6) is 0 Å². The number of aryl methyl sites for hydroxylation is 2. The zero-order valence-electron chi connectivity index (χ0n) is 12.6. The van der Waals surface area contributed by atoms with Crippen LogP contribution in [0.2, 0.25) is 0 Å².